The summed E-state index contributed by atoms with van der Waals surface area (Å²) in [6.07, 6.45) is 5.79. The molecule has 0 aromatic heterocycles. The zero-order chi connectivity index (χ0) is 15.6. The van der Waals surface area contributed by atoms with Crippen molar-refractivity contribution in [3.63, 3.8) is 0 Å². The first-order valence-corrected chi connectivity index (χ1v) is 7.19. The number of benzene rings is 1. The number of amides is 4. The number of hydrogen-bond donors (Lipinski definition) is 1. The Kier molecular flexibility index (Phi) is 4.43. The van der Waals surface area contributed by atoms with Crippen molar-refractivity contribution in [2.75, 3.05) is 0 Å². The minimum atomic E-state index is -1.08. The Morgan fingerprint density at radius 3 is 2.62 bits per heavy atom. The normalized spacial score (nSPS) is 20.0. The third kappa shape index (κ3) is 2.69. The number of carbonyl (C=O) groups excluding carboxylic acids is 3. The second kappa shape index (κ2) is 6.10. The van der Waals surface area contributed by atoms with Crippen molar-refractivity contribution >= 4 is 33.8 Å². The van der Waals surface area contributed by atoms with E-state index >= 15 is 0 Å². The molecule has 1 N–H and O–H groups in total. The summed E-state index contributed by atoms with van der Waals surface area (Å²) in [6.45, 7) is 1.77. The molecule has 108 valence electrons. The van der Waals surface area contributed by atoms with E-state index in [1.54, 1.807) is 31.2 Å². The van der Waals surface area contributed by atoms with Crippen LogP contribution in [0.25, 0.3) is 0 Å². The van der Waals surface area contributed by atoms with Crippen molar-refractivity contribution in [3.8, 4) is 12.3 Å². The summed E-state index contributed by atoms with van der Waals surface area (Å²) >= 11 is 3.32. The van der Waals surface area contributed by atoms with Gasteiger partial charge in [-0.2, -0.15) is 0 Å². The zero-order valence-electron chi connectivity index (χ0n) is 11.3. The molecule has 1 aromatic carbocycles. The van der Waals surface area contributed by atoms with Crippen LogP contribution in [0.4, 0.5) is 4.79 Å². The second-order valence-electron chi connectivity index (χ2n) is 4.55. The van der Waals surface area contributed by atoms with Crippen LogP contribution in [0.1, 0.15) is 24.8 Å². The van der Waals surface area contributed by atoms with E-state index < -0.39 is 29.8 Å². The molecule has 0 spiro atoms. The Morgan fingerprint density at radius 2 is 2.05 bits per heavy atom. The maximum Gasteiger partial charge on any atom is 0.331 e. The molecule has 0 radical (unpaired) electrons. The fourth-order valence-corrected chi connectivity index (χ4v) is 2.76. The Balaban J connectivity index is 2.46. The summed E-state index contributed by atoms with van der Waals surface area (Å²) in [5, 5.41) is 2.20. The number of carbonyl (C=O) groups is 3. The van der Waals surface area contributed by atoms with Gasteiger partial charge in [0.05, 0.1) is 0 Å². The largest absolute Gasteiger partial charge is 0.331 e. The van der Waals surface area contributed by atoms with Crippen molar-refractivity contribution in [2.24, 2.45) is 0 Å². The highest BCUT2D eigenvalue weighted by atomic mass is 79.9. The molecule has 2 rings (SSSR count). The fourth-order valence-electron chi connectivity index (χ4n) is 2.24. The smallest absolute Gasteiger partial charge is 0.277 e. The van der Waals surface area contributed by atoms with E-state index in [1.807, 2.05) is 0 Å². The molecule has 1 fully saturated rings. The first-order chi connectivity index (χ1) is 10.0. The molecule has 1 heterocycles. The Bertz CT molecular complexity index is 651. The van der Waals surface area contributed by atoms with Crippen LogP contribution in [0, 0.1) is 12.3 Å². The van der Waals surface area contributed by atoms with Gasteiger partial charge in [-0.1, -0.05) is 47.0 Å². The Morgan fingerprint density at radius 1 is 1.38 bits per heavy atom. The van der Waals surface area contributed by atoms with E-state index in [0.717, 1.165) is 4.90 Å². The summed E-state index contributed by atoms with van der Waals surface area (Å²) in [6, 6.07) is 5.46. The third-order valence-corrected chi connectivity index (χ3v) is 4.02. The summed E-state index contributed by atoms with van der Waals surface area (Å²) in [5.41, 5.74) is 0.504. The summed E-state index contributed by atoms with van der Waals surface area (Å²) in [5.74, 6) is 0.0866. The standard InChI is InChI=1S/C15H13BrN2O3/c1-3-9(4-2)18-14(20)12(13(19)17-15(18)21)10-7-5-6-8-11(10)16/h1,5-9,12H,4H2,2H3,(H,17,19,21). The number of urea groups is 1. The van der Waals surface area contributed by atoms with Crippen LogP contribution in [0.3, 0.4) is 0 Å². The zero-order valence-corrected chi connectivity index (χ0v) is 12.9. The lowest BCUT2D eigenvalue weighted by Crippen LogP contribution is -2.59. The number of halogens is 1. The molecule has 0 saturated carbocycles. The predicted octanol–water partition coefficient (Wildman–Crippen LogP) is 2.02. The first-order valence-electron chi connectivity index (χ1n) is 6.39. The van der Waals surface area contributed by atoms with E-state index in [1.165, 1.54) is 0 Å². The van der Waals surface area contributed by atoms with Gasteiger partial charge in [-0.15, -0.1) is 6.42 Å². The van der Waals surface area contributed by atoms with Crippen LogP contribution in [0.5, 0.6) is 0 Å². The maximum absolute atomic E-state index is 12.6. The molecule has 0 bridgehead atoms. The number of imide groups is 2. The molecule has 0 aliphatic carbocycles. The molecule has 5 nitrogen and oxygen atoms in total. The molecular formula is C15H13BrN2O3. The van der Waals surface area contributed by atoms with Gasteiger partial charge in [0.15, 0.2) is 0 Å². The fraction of sp³-hybridized carbons (Fsp3) is 0.267. The maximum atomic E-state index is 12.6. The SMILES string of the molecule is C#CC(CC)N1C(=O)NC(=O)C(c2ccccc2Br)C1=O. The molecule has 1 aliphatic rings. The third-order valence-electron chi connectivity index (χ3n) is 3.30. The van der Waals surface area contributed by atoms with Crippen molar-refractivity contribution in [2.45, 2.75) is 25.3 Å². The van der Waals surface area contributed by atoms with Gasteiger partial charge in [-0.25, -0.2) is 9.69 Å². The van der Waals surface area contributed by atoms with Gasteiger partial charge < -0.3 is 0 Å². The molecule has 1 saturated heterocycles. The topological polar surface area (TPSA) is 66.5 Å². The number of nitrogens with zero attached hydrogens (tertiary/aromatic N) is 1. The van der Waals surface area contributed by atoms with Gasteiger partial charge in [-0.3, -0.25) is 14.9 Å². The van der Waals surface area contributed by atoms with E-state index in [-0.39, 0.29) is 0 Å². The first kappa shape index (κ1) is 15.3. The number of rotatable bonds is 3. The van der Waals surface area contributed by atoms with Gasteiger partial charge in [-0.05, 0) is 18.1 Å². The summed E-state index contributed by atoms with van der Waals surface area (Å²) < 4.78 is 0.626. The highest BCUT2D eigenvalue weighted by molar-refractivity contribution is 9.10. The predicted molar refractivity (Wildman–Crippen MR) is 80.2 cm³/mol. The van der Waals surface area contributed by atoms with Crippen LogP contribution in [-0.2, 0) is 9.59 Å². The van der Waals surface area contributed by atoms with E-state index in [9.17, 15) is 14.4 Å². The van der Waals surface area contributed by atoms with E-state index in [4.69, 9.17) is 6.42 Å². The lowest BCUT2D eigenvalue weighted by Gasteiger charge is -2.33. The highest BCUT2D eigenvalue weighted by Gasteiger charge is 2.44. The average Bonchev–Trinajstić information content (AvgIpc) is 2.45. The minimum absolute atomic E-state index is 0.423. The van der Waals surface area contributed by atoms with Crippen LogP contribution < -0.4 is 5.32 Å². The Labute approximate surface area is 130 Å². The van der Waals surface area contributed by atoms with Gasteiger partial charge in [0.25, 0.3) is 0 Å². The monoisotopic (exact) mass is 348 g/mol. The van der Waals surface area contributed by atoms with Crippen LogP contribution >= 0.6 is 15.9 Å². The number of nitrogens with one attached hydrogen (secondary N) is 1. The lowest BCUT2D eigenvalue weighted by molar-refractivity contribution is -0.139. The lowest BCUT2D eigenvalue weighted by atomic mass is 9.94. The van der Waals surface area contributed by atoms with Crippen molar-refractivity contribution in [1.29, 1.82) is 0 Å². The Hall–Kier alpha value is -2.13. The molecule has 2 unspecified atom stereocenters. The molecule has 1 aliphatic heterocycles. The molecular weight excluding hydrogens is 336 g/mol. The second-order valence-corrected chi connectivity index (χ2v) is 5.40. The van der Waals surface area contributed by atoms with Gasteiger partial charge in [0, 0.05) is 4.47 Å². The van der Waals surface area contributed by atoms with Gasteiger partial charge >= 0.3 is 6.03 Å². The van der Waals surface area contributed by atoms with E-state index in [0.29, 0.717) is 16.5 Å². The van der Waals surface area contributed by atoms with Gasteiger partial charge in [0.2, 0.25) is 11.8 Å². The van der Waals surface area contributed by atoms with Crippen LogP contribution in [0.15, 0.2) is 28.7 Å². The van der Waals surface area contributed by atoms with Crippen LogP contribution in [0.2, 0.25) is 0 Å². The highest BCUT2D eigenvalue weighted by Crippen LogP contribution is 2.29. The minimum Gasteiger partial charge on any atom is -0.277 e. The van der Waals surface area contributed by atoms with Crippen molar-refractivity contribution < 1.29 is 14.4 Å². The molecule has 6 heteroatoms. The van der Waals surface area contributed by atoms with Gasteiger partial charge in [0.1, 0.15) is 12.0 Å². The summed E-state index contributed by atoms with van der Waals surface area (Å²) in [4.78, 5) is 37.5. The number of hydrogen-bond acceptors (Lipinski definition) is 3. The molecule has 4 amide bonds. The molecule has 21 heavy (non-hydrogen) atoms. The quantitative estimate of drug-likeness (QED) is 0.671. The number of terminal acetylenes is 1. The van der Waals surface area contributed by atoms with Crippen molar-refractivity contribution in [1.82, 2.24) is 10.2 Å². The van der Waals surface area contributed by atoms with E-state index in [2.05, 4.69) is 27.2 Å². The van der Waals surface area contributed by atoms with Crippen LogP contribution in [-0.4, -0.2) is 28.8 Å². The molecule has 2 atom stereocenters. The summed E-state index contributed by atoms with van der Waals surface area (Å²) in [7, 11) is 0. The number of barbiturate groups is 1. The molecule has 1 aromatic rings. The van der Waals surface area contributed by atoms with Crippen molar-refractivity contribution in [3.05, 3.63) is 34.3 Å². The average molecular weight is 349 g/mol.